The number of hydrogen-bond acceptors (Lipinski definition) is 3. The van der Waals surface area contributed by atoms with Crippen LogP contribution >= 0.6 is 0 Å². The van der Waals surface area contributed by atoms with Gasteiger partial charge in [0.15, 0.2) is 0 Å². The molecule has 1 heterocycles. The molecule has 0 aromatic rings. The summed E-state index contributed by atoms with van der Waals surface area (Å²) < 4.78 is 0. The molecular formula is C15H29N3. The van der Waals surface area contributed by atoms with E-state index in [1.165, 1.54) is 77.8 Å². The number of nitrogens with zero attached hydrogens (tertiary/aromatic N) is 1. The standard InChI is InChI=1S/C15H29N3/c1-2-13(1)11-16-8-10-18-9-6-14(12-18)5-7-17-15-3-4-15/h13-17H,1-12H2. The van der Waals surface area contributed by atoms with Crippen molar-refractivity contribution < 1.29 is 0 Å². The van der Waals surface area contributed by atoms with Crippen molar-refractivity contribution in [3.05, 3.63) is 0 Å². The van der Waals surface area contributed by atoms with E-state index in [0.717, 1.165) is 17.9 Å². The van der Waals surface area contributed by atoms with E-state index < -0.39 is 0 Å². The van der Waals surface area contributed by atoms with E-state index in [4.69, 9.17) is 0 Å². The molecule has 0 bridgehead atoms. The molecule has 1 unspecified atom stereocenters. The number of nitrogens with one attached hydrogen (secondary N) is 2. The first-order valence-electron chi connectivity index (χ1n) is 8.06. The number of likely N-dealkylation sites (tertiary alicyclic amines) is 1. The molecule has 18 heavy (non-hydrogen) atoms. The molecule has 3 nitrogen and oxygen atoms in total. The maximum Gasteiger partial charge on any atom is 0.0107 e. The topological polar surface area (TPSA) is 27.3 Å². The lowest BCUT2D eigenvalue weighted by Crippen LogP contribution is -2.31. The fourth-order valence-electron chi connectivity index (χ4n) is 3.00. The third-order valence-electron chi connectivity index (χ3n) is 4.67. The summed E-state index contributed by atoms with van der Waals surface area (Å²) in [6.45, 7) is 7.66. The number of hydrogen-bond donors (Lipinski definition) is 2. The lowest BCUT2D eigenvalue weighted by Gasteiger charge is -2.16. The normalized spacial score (nSPS) is 29.0. The van der Waals surface area contributed by atoms with Crippen LogP contribution in [0.2, 0.25) is 0 Å². The van der Waals surface area contributed by atoms with Gasteiger partial charge in [-0.25, -0.2) is 0 Å². The molecule has 1 aliphatic heterocycles. The Bertz CT molecular complexity index is 248. The Hall–Kier alpha value is -0.120. The summed E-state index contributed by atoms with van der Waals surface area (Å²) >= 11 is 0. The van der Waals surface area contributed by atoms with Gasteiger partial charge in [-0.2, -0.15) is 0 Å². The van der Waals surface area contributed by atoms with Crippen LogP contribution in [0.5, 0.6) is 0 Å². The van der Waals surface area contributed by atoms with E-state index in [-0.39, 0.29) is 0 Å². The van der Waals surface area contributed by atoms with E-state index in [0.29, 0.717) is 0 Å². The highest BCUT2D eigenvalue weighted by Crippen LogP contribution is 2.27. The zero-order chi connectivity index (χ0) is 12.2. The first-order valence-corrected chi connectivity index (χ1v) is 8.06. The van der Waals surface area contributed by atoms with Crippen molar-refractivity contribution in [3.8, 4) is 0 Å². The van der Waals surface area contributed by atoms with Crippen molar-refractivity contribution in [2.24, 2.45) is 11.8 Å². The number of rotatable bonds is 9. The van der Waals surface area contributed by atoms with Crippen molar-refractivity contribution >= 4 is 0 Å². The molecule has 3 heteroatoms. The van der Waals surface area contributed by atoms with Crippen molar-refractivity contribution in [2.75, 3.05) is 39.3 Å². The van der Waals surface area contributed by atoms with Gasteiger partial charge in [-0.1, -0.05) is 0 Å². The Kier molecular flexibility index (Phi) is 4.55. The van der Waals surface area contributed by atoms with Gasteiger partial charge in [-0.3, -0.25) is 0 Å². The lowest BCUT2D eigenvalue weighted by molar-refractivity contribution is 0.317. The molecule has 0 amide bonds. The summed E-state index contributed by atoms with van der Waals surface area (Å²) in [6, 6.07) is 0.883. The summed E-state index contributed by atoms with van der Waals surface area (Å²) in [7, 11) is 0. The van der Waals surface area contributed by atoms with E-state index in [9.17, 15) is 0 Å². The Morgan fingerprint density at radius 1 is 0.944 bits per heavy atom. The fraction of sp³-hybridized carbons (Fsp3) is 1.00. The highest BCUT2D eigenvalue weighted by Gasteiger charge is 2.24. The molecule has 0 aromatic carbocycles. The van der Waals surface area contributed by atoms with Crippen LogP contribution in [-0.2, 0) is 0 Å². The van der Waals surface area contributed by atoms with Crippen LogP contribution in [0.4, 0.5) is 0 Å². The third kappa shape index (κ3) is 4.52. The summed E-state index contributed by atoms with van der Waals surface area (Å²) in [5, 5.41) is 7.24. The van der Waals surface area contributed by atoms with Crippen molar-refractivity contribution in [1.82, 2.24) is 15.5 Å². The Morgan fingerprint density at radius 2 is 1.83 bits per heavy atom. The van der Waals surface area contributed by atoms with E-state index >= 15 is 0 Å². The van der Waals surface area contributed by atoms with E-state index in [1.807, 2.05) is 0 Å². The minimum Gasteiger partial charge on any atom is -0.315 e. The Balaban J connectivity index is 1.19. The Labute approximate surface area is 112 Å². The largest absolute Gasteiger partial charge is 0.315 e. The SMILES string of the molecule is C(CN1CCC(CCNC2CC2)C1)NCC1CC1. The second kappa shape index (κ2) is 6.36. The molecule has 2 N–H and O–H groups in total. The zero-order valence-corrected chi connectivity index (χ0v) is 11.7. The predicted molar refractivity (Wildman–Crippen MR) is 75.8 cm³/mol. The molecular weight excluding hydrogens is 222 g/mol. The maximum atomic E-state index is 3.64. The van der Waals surface area contributed by atoms with Crippen LogP contribution in [0.1, 0.15) is 38.5 Å². The lowest BCUT2D eigenvalue weighted by atomic mass is 10.1. The molecule has 0 aromatic heterocycles. The summed E-state index contributed by atoms with van der Waals surface area (Å²) in [4.78, 5) is 2.65. The second-order valence-electron chi connectivity index (χ2n) is 6.62. The van der Waals surface area contributed by atoms with Gasteiger partial charge >= 0.3 is 0 Å². The highest BCUT2D eigenvalue weighted by molar-refractivity contribution is 4.82. The van der Waals surface area contributed by atoms with Crippen LogP contribution in [0.3, 0.4) is 0 Å². The van der Waals surface area contributed by atoms with Crippen LogP contribution in [0.15, 0.2) is 0 Å². The van der Waals surface area contributed by atoms with Gasteiger partial charge in [-0.15, -0.1) is 0 Å². The van der Waals surface area contributed by atoms with Gasteiger partial charge in [0.05, 0.1) is 0 Å². The van der Waals surface area contributed by atoms with Gasteiger partial charge in [0.2, 0.25) is 0 Å². The van der Waals surface area contributed by atoms with Crippen molar-refractivity contribution in [3.63, 3.8) is 0 Å². The first kappa shape index (κ1) is 12.9. The molecule has 104 valence electrons. The molecule has 2 aliphatic carbocycles. The molecule has 0 radical (unpaired) electrons. The fourth-order valence-corrected chi connectivity index (χ4v) is 3.00. The maximum absolute atomic E-state index is 3.64. The minimum absolute atomic E-state index is 0.883. The molecule has 1 saturated heterocycles. The zero-order valence-electron chi connectivity index (χ0n) is 11.7. The summed E-state index contributed by atoms with van der Waals surface area (Å²) in [6.07, 6.45) is 8.59. The van der Waals surface area contributed by atoms with E-state index in [2.05, 4.69) is 15.5 Å². The van der Waals surface area contributed by atoms with Crippen LogP contribution in [0, 0.1) is 11.8 Å². The van der Waals surface area contributed by atoms with Gasteiger partial charge in [-0.05, 0) is 70.0 Å². The molecule has 3 fully saturated rings. The molecule has 3 rings (SSSR count). The molecule has 3 aliphatic rings. The minimum atomic E-state index is 0.883. The van der Waals surface area contributed by atoms with Crippen LogP contribution in [-0.4, -0.2) is 50.2 Å². The highest BCUT2D eigenvalue weighted by atomic mass is 15.2. The van der Waals surface area contributed by atoms with Gasteiger partial charge in [0, 0.05) is 25.7 Å². The van der Waals surface area contributed by atoms with Crippen LogP contribution < -0.4 is 10.6 Å². The first-order chi connectivity index (χ1) is 8.90. The average Bonchev–Trinajstić information content (AvgIpc) is 3.27. The van der Waals surface area contributed by atoms with Crippen LogP contribution in [0.25, 0.3) is 0 Å². The average molecular weight is 251 g/mol. The smallest absolute Gasteiger partial charge is 0.0107 e. The van der Waals surface area contributed by atoms with Crippen molar-refractivity contribution in [2.45, 2.75) is 44.6 Å². The summed E-state index contributed by atoms with van der Waals surface area (Å²) in [5.74, 6) is 1.98. The monoisotopic (exact) mass is 251 g/mol. The van der Waals surface area contributed by atoms with E-state index in [1.54, 1.807) is 0 Å². The van der Waals surface area contributed by atoms with Gasteiger partial charge < -0.3 is 15.5 Å². The summed E-state index contributed by atoms with van der Waals surface area (Å²) in [5.41, 5.74) is 0. The van der Waals surface area contributed by atoms with Crippen molar-refractivity contribution in [1.29, 1.82) is 0 Å². The quantitative estimate of drug-likeness (QED) is 0.607. The van der Waals surface area contributed by atoms with Gasteiger partial charge in [0.25, 0.3) is 0 Å². The molecule has 0 spiro atoms. The van der Waals surface area contributed by atoms with Gasteiger partial charge in [0.1, 0.15) is 0 Å². The Morgan fingerprint density at radius 3 is 2.61 bits per heavy atom. The third-order valence-corrected chi connectivity index (χ3v) is 4.67. The predicted octanol–water partition coefficient (Wildman–Crippen LogP) is 1.45. The molecule has 1 atom stereocenters. The molecule has 2 saturated carbocycles. The second-order valence-corrected chi connectivity index (χ2v) is 6.62.